The van der Waals surface area contributed by atoms with Gasteiger partial charge in [0.2, 0.25) is 0 Å². The minimum Gasteiger partial charge on any atom is -0.424 e. The highest BCUT2D eigenvalue weighted by Crippen LogP contribution is 2.20. The second-order valence-electron chi connectivity index (χ2n) is 3.49. The first-order chi connectivity index (χ1) is 7.65. The van der Waals surface area contributed by atoms with Gasteiger partial charge in [0.15, 0.2) is 0 Å². The van der Waals surface area contributed by atoms with Crippen molar-refractivity contribution in [2.24, 2.45) is 0 Å². The average molecular weight is 218 g/mol. The first kappa shape index (κ1) is 10.5. The van der Waals surface area contributed by atoms with Crippen molar-refractivity contribution in [1.29, 1.82) is 0 Å². The van der Waals surface area contributed by atoms with Gasteiger partial charge >= 0.3 is 6.01 Å². The Bertz CT molecular complexity index is 514. The molecule has 1 aromatic carbocycles. The van der Waals surface area contributed by atoms with Gasteiger partial charge in [-0.1, -0.05) is 0 Å². The summed E-state index contributed by atoms with van der Waals surface area (Å²) in [5.41, 5.74) is 1.36. The molecule has 0 amide bonds. The lowest BCUT2D eigenvalue weighted by atomic mass is 10.2. The summed E-state index contributed by atoms with van der Waals surface area (Å²) in [6.45, 7) is 3.53. The van der Waals surface area contributed by atoms with Crippen molar-refractivity contribution in [1.82, 2.24) is 9.97 Å². The molecule has 0 fully saturated rings. The quantitative estimate of drug-likeness (QED) is 0.777. The normalized spacial score (nSPS) is 10.2. The van der Waals surface area contributed by atoms with Crippen LogP contribution in [0.15, 0.2) is 30.5 Å². The maximum absolute atomic E-state index is 13.0. The van der Waals surface area contributed by atoms with Gasteiger partial charge in [0.1, 0.15) is 11.6 Å². The Labute approximate surface area is 92.9 Å². The molecule has 0 aliphatic rings. The number of halogens is 1. The lowest BCUT2D eigenvalue weighted by Gasteiger charge is -2.05. The predicted octanol–water partition coefficient (Wildman–Crippen LogP) is 3.02. The molecule has 16 heavy (non-hydrogen) atoms. The molecule has 2 aromatic rings. The molecule has 0 spiro atoms. The van der Waals surface area contributed by atoms with Gasteiger partial charge in [-0.2, -0.15) is 0 Å². The third-order valence-electron chi connectivity index (χ3n) is 2.11. The molecular formula is C12H11FN2O. The van der Waals surface area contributed by atoms with Crippen LogP contribution in [0.5, 0.6) is 11.8 Å². The molecule has 0 radical (unpaired) electrons. The van der Waals surface area contributed by atoms with Crippen molar-refractivity contribution in [2.75, 3.05) is 0 Å². The van der Waals surface area contributed by atoms with Gasteiger partial charge in [0.05, 0.1) is 0 Å². The van der Waals surface area contributed by atoms with Gasteiger partial charge in [0, 0.05) is 11.9 Å². The van der Waals surface area contributed by atoms with Crippen molar-refractivity contribution in [3.63, 3.8) is 0 Å². The van der Waals surface area contributed by atoms with E-state index in [9.17, 15) is 4.39 Å². The fraction of sp³-hybridized carbons (Fsp3) is 0.167. The Morgan fingerprint density at radius 2 is 2.00 bits per heavy atom. The van der Waals surface area contributed by atoms with Gasteiger partial charge in [0.25, 0.3) is 0 Å². The van der Waals surface area contributed by atoms with E-state index in [1.807, 2.05) is 6.92 Å². The van der Waals surface area contributed by atoms with Crippen molar-refractivity contribution < 1.29 is 9.13 Å². The van der Waals surface area contributed by atoms with Gasteiger partial charge < -0.3 is 4.74 Å². The summed E-state index contributed by atoms with van der Waals surface area (Å²) >= 11 is 0. The number of nitrogens with zero attached hydrogens (tertiary/aromatic N) is 2. The molecule has 1 aromatic heterocycles. The van der Waals surface area contributed by atoms with Crippen LogP contribution in [0, 0.1) is 19.7 Å². The van der Waals surface area contributed by atoms with Crippen LogP contribution in [0.1, 0.15) is 11.3 Å². The van der Waals surface area contributed by atoms with Crippen LogP contribution in [0.25, 0.3) is 0 Å². The van der Waals surface area contributed by atoms with E-state index in [-0.39, 0.29) is 11.8 Å². The first-order valence-electron chi connectivity index (χ1n) is 4.89. The second kappa shape index (κ2) is 4.26. The molecule has 3 nitrogen and oxygen atoms in total. The topological polar surface area (TPSA) is 35.0 Å². The molecule has 82 valence electrons. The molecule has 0 unspecified atom stereocenters. The summed E-state index contributed by atoms with van der Waals surface area (Å²) in [5, 5.41) is 0. The molecule has 0 N–H and O–H groups in total. The predicted molar refractivity (Wildman–Crippen MR) is 58.0 cm³/mol. The van der Waals surface area contributed by atoms with Crippen molar-refractivity contribution >= 4 is 0 Å². The Hall–Kier alpha value is -1.97. The third-order valence-corrected chi connectivity index (χ3v) is 2.11. The van der Waals surface area contributed by atoms with Gasteiger partial charge in [-0.3, -0.25) is 0 Å². The summed E-state index contributed by atoms with van der Waals surface area (Å²) in [5.74, 6) is 0.280. The maximum Gasteiger partial charge on any atom is 0.322 e. The minimum absolute atomic E-state index is 0.252. The smallest absolute Gasteiger partial charge is 0.322 e. The highest BCUT2D eigenvalue weighted by atomic mass is 19.1. The number of hydrogen-bond acceptors (Lipinski definition) is 3. The molecule has 0 aliphatic heterocycles. The molecule has 4 heteroatoms. The van der Waals surface area contributed by atoms with Crippen LogP contribution in [-0.4, -0.2) is 9.97 Å². The molecule has 0 saturated carbocycles. The summed E-state index contributed by atoms with van der Waals surface area (Å²) in [6.07, 6.45) is 1.62. The van der Waals surface area contributed by atoms with Crippen molar-refractivity contribution in [2.45, 2.75) is 13.8 Å². The van der Waals surface area contributed by atoms with E-state index >= 15 is 0 Å². The fourth-order valence-electron chi connectivity index (χ4n) is 1.26. The Kier molecular flexibility index (Phi) is 2.81. The second-order valence-corrected chi connectivity index (χ2v) is 3.49. The number of rotatable bonds is 2. The lowest BCUT2D eigenvalue weighted by molar-refractivity contribution is 0.438. The van der Waals surface area contributed by atoms with Crippen molar-refractivity contribution in [3.05, 3.63) is 47.5 Å². The highest BCUT2D eigenvalue weighted by molar-refractivity contribution is 5.30. The monoisotopic (exact) mass is 218 g/mol. The first-order valence-corrected chi connectivity index (χ1v) is 4.89. The molecule has 0 bridgehead atoms. The standard InChI is InChI=1S/C12H11FN2O/c1-8-7-10(3-4-11(8)13)16-12-14-6-5-9(2)15-12/h3-7H,1-2H3. The summed E-state index contributed by atoms with van der Waals surface area (Å²) < 4.78 is 18.4. The van der Waals surface area contributed by atoms with Crippen LogP contribution >= 0.6 is 0 Å². The summed E-state index contributed by atoms with van der Waals surface area (Å²) in [7, 11) is 0. The van der Waals surface area contributed by atoms with Crippen LogP contribution in [0.4, 0.5) is 4.39 Å². The van der Waals surface area contributed by atoms with E-state index in [4.69, 9.17) is 4.74 Å². The SMILES string of the molecule is Cc1ccnc(Oc2ccc(F)c(C)c2)n1. The minimum atomic E-state index is -0.252. The Morgan fingerprint density at radius 3 is 2.69 bits per heavy atom. The number of aromatic nitrogens is 2. The van der Waals surface area contributed by atoms with Gasteiger partial charge in [-0.05, 0) is 43.7 Å². The number of benzene rings is 1. The Morgan fingerprint density at radius 1 is 1.19 bits per heavy atom. The van der Waals surface area contributed by atoms with E-state index in [0.717, 1.165) is 5.69 Å². The van der Waals surface area contributed by atoms with E-state index < -0.39 is 0 Å². The van der Waals surface area contributed by atoms with E-state index in [1.165, 1.54) is 6.07 Å². The van der Waals surface area contributed by atoms with E-state index in [2.05, 4.69) is 9.97 Å². The van der Waals surface area contributed by atoms with Crippen LogP contribution in [0.3, 0.4) is 0 Å². The maximum atomic E-state index is 13.0. The summed E-state index contributed by atoms with van der Waals surface area (Å²) in [4.78, 5) is 8.05. The van der Waals surface area contributed by atoms with Crippen LogP contribution in [0.2, 0.25) is 0 Å². The van der Waals surface area contributed by atoms with Crippen molar-refractivity contribution in [3.8, 4) is 11.8 Å². The highest BCUT2D eigenvalue weighted by Gasteiger charge is 2.03. The molecule has 2 rings (SSSR count). The number of ether oxygens (including phenoxy) is 1. The summed E-state index contributed by atoms with van der Waals surface area (Å²) in [6, 6.07) is 6.57. The van der Waals surface area contributed by atoms with Crippen LogP contribution in [-0.2, 0) is 0 Å². The fourth-order valence-corrected chi connectivity index (χ4v) is 1.26. The zero-order valence-electron chi connectivity index (χ0n) is 9.07. The van der Waals surface area contributed by atoms with Gasteiger partial charge in [-0.15, -0.1) is 0 Å². The molecule has 0 saturated heterocycles. The zero-order chi connectivity index (χ0) is 11.5. The Balaban J connectivity index is 2.24. The van der Waals surface area contributed by atoms with E-state index in [1.54, 1.807) is 31.3 Å². The van der Waals surface area contributed by atoms with E-state index in [0.29, 0.717) is 11.3 Å². The number of aryl methyl sites for hydroxylation is 2. The van der Waals surface area contributed by atoms with Crippen LogP contribution < -0.4 is 4.74 Å². The molecular weight excluding hydrogens is 207 g/mol. The third kappa shape index (κ3) is 2.34. The number of hydrogen-bond donors (Lipinski definition) is 0. The zero-order valence-corrected chi connectivity index (χ0v) is 9.07. The molecule has 1 heterocycles. The lowest BCUT2D eigenvalue weighted by Crippen LogP contribution is -1.93. The largest absolute Gasteiger partial charge is 0.424 e. The molecule has 0 atom stereocenters. The molecule has 0 aliphatic carbocycles. The average Bonchev–Trinajstić information content (AvgIpc) is 2.24. The van der Waals surface area contributed by atoms with Gasteiger partial charge in [-0.25, -0.2) is 14.4 Å².